The molecular weight excluding hydrogens is 281 g/mol. The van der Waals surface area contributed by atoms with Crippen molar-refractivity contribution < 1.29 is 8.42 Å². The largest absolute Gasteiger partial charge is 0.309 e. The molecule has 2 rings (SSSR count). The van der Waals surface area contributed by atoms with Crippen LogP contribution in [0, 0.1) is 0 Å². The molecule has 3 nitrogen and oxygen atoms in total. The van der Waals surface area contributed by atoms with Crippen molar-refractivity contribution in [2.75, 3.05) is 18.1 Å². The zero-order valence-electron chi connectivity index (χ0n) is 9.12. The van der Waals surface area contributed by atoms with Gasteiger partial charge in [-0.15, -0.1) is 0 Å². The second kappa shape index (κ2) is 5.14. The second-order valence-electron chi connectivity index (χ2n) is 4.12. The van der Waals surface area contributed by atoms with Crippen molar-refractivity contribution in [2.24, 2.45) is 0 Å². The third kappa shape index (κ3) is 3.13. The van der Waals surface area contributed by atoms with Gasteiger partial charge in [0, 0.05) is 6.04 Å². The lowest BCUT2D eigenvalue weighted by Gasteiger charge is -2.17. The van der Waals surface area contributed by atoms with Gasteiger partial charge in [-0.2, -0.15) is 0 Å². The van der Waals surface area contributed by atoms with Crippen LogP contribution in [0.2, 0.25) is 10.0 Å². The number of hydrogen-bond acceptors (Lipinski definition) is 3. The van der Waals surface area contributed by atoms with Gasteiger partial charge in [0.25, 0.3) is 0 Å². The Kier molecular flexibility index (Phi) is 3.98. The highest BCUT2D eigenvalue weighted by Crippen LogP contribution is 2.31. The lowest BCUT2D eigenvalue weighted by Crippen LogP contribution is -2.25. The summed E-state index contributed by atoms with van der Waals surface area (Å²) < 4.78 is 23.5. The second-order valence-corrected chi connectivity index (χ2v) is 7.13. The van der Waals surface area contributed by atoms with E-state index in [2.05, 4.69) is 5.32 Å². The topological polar surface area (TPSA) is 46.2 Å². The van der Waals surface area contributed by atoms with Gasteiger partial charge < -0.3 is 5.32 Å². The van der Waals surface area contributed by atoms with Crippen LogP contribution in [0.5, 0.6) is 0 Å². The Labute approximate surface area is 111 Å². The minimum atomic E-state index is -3.01. The van der Waals surface area contributed by atoms with Crippen LogP contribution >= 0.6 is 23.2 Å². The Bertz CT molecular complexity index is 516. The van der Waals surface area contributed by atoms with Crippen molar-refractivity contribution in [1.82, 2.24) is 5.32 Å². The molecule has 0 spiro atoms. The van der Waals surface area contributed by atoms with Crippen LogP contribution in [0.15, 0.2) is 18.2 Å². The first-order valence-corrected chi connectivity index (χ1v) is 7.95. The number of rotatable bonds is 1. The first kappa shape index (κ1) is 13.1. The number of hydrogen-bond donors (Lipinski definition) is 1. The van der Waals surface area contributed by atoms with E-state index in [-0.39, 0.29) is 17.5 Å². The number of benzene rings is 1. The fourth-order valence-electron chi connectivity index (χ4n) is 1.95. The first-order valence-electron chi connectivity index (χ1n) is 5.37. The van der Waals surface area contributed by atoms with E-state index in [1.54, 1.807) is 12.1 Å². The molecule has 1 N–H and O–H groups in total. The van der Waals surface area contributed by atoms with Gasteiger partial charge in [0.2, 0.25) is 0 Å². The SMILES string of the molecule is O=S1(=O)CCCNC(c2cccc(Cl)c2Cl)C1. The molecule has 0 radical (unpaired) electrons. The van der Waals surface area contributed by atoms with Crippen LogP contribution in [-0.4, -0.2) is 26.5 Å². The van der Waals surface area contributed by atoms with E-state index in [0.717, 1.165) is 5.56 Å². The summed E-state index contributed by atoms with van der Waals surface area (Å²) in [6.07, 6.45) is 0.636. The summed E-state index contributed by atoms with van der Waals surface area (Å²) in [6, 6.07) is 5.02. The van der Waals surface area contributed by atoms with E-state index < -0.39 is 9.84 Å². The van der Waals surface area contributed by atoms with Crippen LogP contribution in [0.1, 0.15) is 18.0 Å². The highest BCUT2D eigenvalue weighted by Gasteiger charge is 2.25. The summed E-state index contributed by atoms with van der Waals surface area (Å²) in [5.41, 5.74) is 0.754. The van der Waals surface area contributed by atoms with Gasteiger partial charge in [0.05, 0.1) is 21.6 Å². The average Bonchev–Trinajstić information content (AvgIpc) is 2.43. The van der Waals surface area contributed by atoms with E-state index in [1.807, 2.05) is 6.07 Å². The van der Waals surface area contributed by atoms with Gasteiger partial charge in [-0.3, -0.25) is 0 Å². The maximum absolute atomic E-state index is 11.7. The zero-order valence-corrected chi connectivity index (χ0v) is 11.4. The van der Waals surface area contributed by atoms with Crippen LogP contribution < -0.4 is 5.32 Å². The third-order valence-electron chi connectivity index (χ3n) is 2.80. The standard InChI is InChI=1S/C11H13Cl2NO2S/c12-9-4-1-3-8(11(9)13)10-7-17(15,16)6-2-5-14-10/h1,3-4,10,14H,2,5-7H2. The summed E-state index contributed by atoms with van der Waals surface area (Å²) in [5.74, 6) is 0.307. The molecule has 1 aromatic rings. The molecule has 1 unspecified atom stereocenters. The van der Waals surface area contributed by atoms with E-state index in [9.17, 15) is 8.42 Å². The highest BCUT2D eigenvalue weighted by atomic mass is 35.5. The van der Waals surface area contributed by atoms with Crippen LogP contribution in [-0.2, 0) is 9.84 Å². The first-order chi connectivity index (χ1) is 7.99. The van der Waals surface area contributed by atoms with Crippen LogP contribution in [0.25, 0.3) is 0 Å². The Morgan fingerprint density at radius 3 is 2.82 bits per heavy atom. The normalized spacial score (nSPS) is 24.2. The predicted molar refractivity (Wildman–Crippen MR) is 70.5 cm³/mol. The molecule has 1 saturated heterocycles. The van der Waals surface area contributed by atoms with E-state index in [0.29, 0.717) is 23.0 Å². The molecule has 0 saturated carbocycles. The van der Waals surface area contributed by atoms with Crippen molar-refractivity contribution in [3.63, 3.8) is 0 Å². The maximum atomic E-state index is 11.7. The number of nitrogens with one attached hydrogen (secondary N) is 1. The molecule has 0 amide bonds. The van der Waals surface area contributed by atoms with E-state index in [4.69, 9.17) is 23.2 Å². The fraction of sp³-hybridized carbons (Fsp3) is 0.455. The fourth-order valence-corrected chi connectivity index (χ4v) is 3.95. The summed E-state index contributed by atoms with van der Waals surface area (Å²) in [7, 11) is -3.01. The lowest BCUT2D eigenvalue weighted by atomic mass is 10.1. The molecule has 0 aliphatic carbocycles. The zero-order chi connectivity index (χ0) is 12.5. The third-order valence-corrected chi connectivity index (χ3v) is 5.39. The van der Waals surface area contributed by atoms with Crippen LogP contribution in [0.4, 0.5) is 0 Å². The molecule has 1 heterocycles. The molecule has 17 heavy (non-hydrogen) atoms. The lowest BCUT2D eigenvalue weighted by molar-refractivity contribution is 0.572. The molecule has 1 atom stereocenters. The summed E-state index contributed by atoms with van der Waals surface area (Å²) in [4.78, 5) is 0. The molecule has 0 bridgehead atoms. The number of sulfone groups is 1. The Hall–Kier alpha value is -0.290. The molecule has 1 aliphatic heterocycles. The van der Waals surface area contributed by atoms with Gasteiger partial charge in [-0.25, -0.2) is 8.42 Å². The Balaban J connectivity index is 2.35. The van der Waals surface area contributed by atoms with Gasteiger partial charge >= 0.3 is 0 Å². The minimum Gasteiger partial charge on any atom is -0.309 e. The van der Waals surface area contributed by atoms with Gasteiger partial charge in [-0.1, -0.05) is 35.3 Å². The minimum absolute atomic E-state index is 0.0765. The van der Waals surface area contributed by atoms with E-state index in [1.165, 1.54) is 0 Å². The highest BCUT2D eigenvalue weighted by molar-refractivity contribution is 7.91. The smallest absolute Gasteiger partial charge is 0.152 e. The van der Waals surface area contributed by atoms with Crippen LogP contribution in [0.3, 0.4) is 0 Å². The summed E-state index contributed by atoms with van der Waals surface area (Å²) in [5, 5.41) is 4.08. The summed E-state index contributed by atoms with van der Waals surface area (Å²) in [6.45, 7) is 0.673. The number of halogens is 2. The van der Waals surface area contributed by atoms with Gasteiger partial charge in [0.1, 0.15) is 0 Å². The molecule has 1 aliphatic rings. The predicted octanol–water partition coefficient (Wildman–Crippen LogP) is 2.44. The molecule has 94 valence electrons. The monoisotopic (exact) mass is 293 g/mol. The Morgan fingerprint density at radius 1 is 1.29 bits per heavy atom. The summed E-state index contributed by atoms with van der Waals surface area (Å²) >= 11 is 12.0. The molecule has 0 aromatic heterocycles. The van der Waals surface area contributed by atoms with Crippen molar-refractivity contribution >= 4 is 33.0 Å². The maximum Gasteiger partial charge on any atom is 0.152 e. The van der Waals surface area contributed by atoms with Crippen molar-refractivity contribution in [3.8, 4) is 0 Å². The van der Waals surface area contributed by atoms with Gasteiger partial charge in [0.15, 0.2) is 9.84 Å². The van der Waals surface area contributed by atoms with Gasteiger partial charge in [-0.05, 0) is 24.6 Å². The van der Waals surface area contributed by atoms with Crippen molar-refractivity contribution in [2.45, 2.75) is 12.5 Å². The molecular formula is C11H13Cl2NO2S. The quantitative estimate of drug-likeness (QED) is 0.865. The average molecular weight is 294 g/mol. The van der Waals surface area contributed by atoms with Crippen molar-refractivity contribution in [3.05, 3.63) is 33.8 Å². The Morgan fingerprint density at radius 2 is 2.06 bits per heavy atom. The molecule has 1 fully saturated rings. The molecule has 1 aromatic carbocycles. The molecule has 6 heteroatoms. The van der Waals surface area contributed by atoms with Crippen molar-refractivity contribution in [1.29, 1.82) is 0 Å². The van der Waals surface area contributed by atoms with E-state index >= 15 is 0 Å².